The molecule has 1 saturated carbocycles. The Labute approximate surface area is 173 Å². The van der Waals surface area contributed by atoms with Gasteiger partial charge in [0.05, 0.1) is 6.54 Å². The Morgan fingerprint density at radius 2 is 1.65 bits per heavy atom. The molecule has 1 aromatic rings. The predicted octanol–water partition coefficient (Wildman–Crippen LogP) is 3.67. The van der Waals surface area contributed by atoms with Crippen molar-refractivity contribution in [1.82, 2.24) is 10.2 Å². The lowest BCUT2D eigenvalue weighted by molar-refractivity contribution is 0.0724. The normalized spacial score (nSPS) is 18.9. The van der Waals surface area contributed by atoms with Gasteiger partial charge in [-0.05, 0) is 49.8 Å². The van der Waals surface area contributed by atoms with Gasteiger partial charge >= 0.3 is 0 Å². The molecule has 1 aliphatic carbocycles. The largest absolute Gasteiger partial charge is 0.370 e. The molecule has 5 nitrogen and oxygen atoms in total. The van der Waals surface area contributed by atoms with Crippen LogP contribution in [0.25, 0.3) is 0 Å². The number of nitrogens with one attached hydrogen (secondary N) is 1. The van der Waals surface area contributed by atoms with Crippen LogP contribution in [0.15, 0.2) is 29.3 Å². The minimum atomic E-state index is 0. The van der Waals surface area contributed by atoms with Gasteiger partial charge in [0, 0.05) is 24.7 Å². The molecule has 2 fully saturated rings. The molecule has 1 aliphatic heterocycles. The summed E-state index contributed by atoms with van der Waals surface area (Å²) in [5, 5.41) is 3.33. The Morgan fingerprint density at radius 3 is 2.31 bits per heavy atom. The molecule has 0 unspecified atom stereocenters. The molecular weight excluding hydrogens is 439 g/mol. The predicted molar refractivity (Wildman–Crippen MR) is 117 cm³/mol. The van der Waals surface area contributed by atoms with Crippen molar-refractivity contribution in [2.75, 3.05) is 13.1 Å². The highest BCUT2D eigenvalue weighted by molar-refractivity contribution is 14.0. The fourth-order valence-electron chi connectivity index (χ4n) is 3.71. The lowest BCUT2D eigenvalue weighted by Crippen LogP contribution is -2.41. The zero-order valence-electron chi connectivity index (χ0n) is 15.5. The second kappa shape index (κ2) is 10.7. The highest BCUT2D eigenvalue weighted by atomic mass is 127. The molecule has 0 bridgehead atoms. The molecular formula is C20H31IN4O. The monoisotopic (exact) mass is 470 g/mol. The lowest BCUT2D eigenvalue weighted by atomic mass is 9.96. The number of guanidine groups is 1. The molecule has 1 saturated heterocycles. The molecule has 6 heteroatoms. The zero-order chi connectivity index (χ0) is 17.5. The number of hydrogen-bond acceptors (Lipinski definition) is 2. The summed E-state index contributed by atoms with van der Waals surface area (Å²) < 4.78 is 0. The van der Waals surface area contributed by atoms with Crippen LogP contribution in [0.1, 0.15) is 67.3 Å². The Morgan fingerprint density at radius 1 is 1.04 bits per heavy atom. The van der Waals surface area contributed by atoms with E-state index in [4.69, 9.17) is 5.73 Å². The fraction of sp³-hybridized carbons (Fsp3) is 0.600. The molecule has 0 spiro atoms. The van der Waals surface area contributed by atoms with Gasteiger partial charge in [-0.25, -0.2) is 4.99 Å². The molecule has 1 aromatic carbocycles. The van der Waals surface area contributed by atoms with E-state index in [-0.39, 0.29) is 29.9 Å². The second-order valence-corrected chi connectivity index (χ2v) is 7.23. The lowest BCUT2D eigenvalue weighted by Gasteiger charge is -2.26. The van der Waals surface area contributed by atoms with Crippen molar-refractivity contribution in [3.63, 3.8) is 0 Å². The number of nitrogens with two attached hydrogens (primary N) is 1. The molecule has 26 heavy (non-hydrogen) atoms. The van der Waals surface area contributed by atoms with Crippen molar-refractivity contribution < 1.29 is 4.79 Å². The summed E-state index contributed by atoms with van der Waals surface area (Å²) in [6.45, 7) is 2.31. The summed E-state index contributed by atoms with van der Waals surface area (Å²) in [4.78, 5) is 18.9. The number of piperidine rings is 1. The number of carbonyl (C=O) groups is 1. The maximum atomic E-state index is 12.5. The minimum Gasteiger partial charge on any atom is -0.370 e. The van der Waals surface area contributed by atoms with E-state index in [0.717, 1.165) is 37.1 Å². The van der Waals surface area contributed by atoms with Crippen LogP contribution in [0.5, 0.6) is 0 Å². The Kier molecular flexibility index (Phi) is 8.68. The highest BCUT2D eigenvalue weighted by Crippen LogP contribution is 2.17. The first-order valence-electron chi connectivity index (χ1n) is 9.67. The number of nitrogens with zero attached hydrogens (tertiary/aromatic N) is 2. The van der Waals surface area contributed by atoms with E-state index in [9.17, 15) is 4.79 Å². The van der Waals surface area contributed by atoms with Crippen molar-refractivity contribution in [1.29, 1.82) is 0 Å². The van der Waals surface area contributed by atoms with Crippen molar-refractivity contribution in [3.8, 4) is 0 Å². The van der Waals surface area contributed by atoms with E-state index in [0.29, 0.717) is 18.5 Å². The molecule has 1 amide bonds. The first kappa shape index (κ1) is 21.0. The smallest absolute Gasteiger partial charge is 0.253 e. The standard InChI is InChI=1S/C20H30N4O.HI/c21-20(23-18-7-3-1-4-8-18)22-15-16-9-11-17(12-10-16)19(25)24-13-5-2-6-14-24;/h9-12,18H,1-8,13-15H2,(H3,21,22,23);1H. The Bertz CT molecular complexity index is 590. The fourth-order valence-corrected chi connectivity index (χ4v) is 3.71. The van der Waals surface area contributed by atoms with E-state index in [1.54, 1.807) is 0 Å². The summed E-state index contributed by atoms with van der Waals surface area (Å²) in [5.74, 6) is 0.675. The van der Waals surface area contributed by atoms with Crippen molar-refractivity contribution in [2.24, 2.45) is 10.7 Å². The molecule has 0 radical (unpaired) electrons. The number of benzene rings is 1. The molecule has 3 N–H and O–H groups in total. The zero-order valence-corrected chi connectivity index (χ0v) is 17.8. The van der Waals surface area contributed by atoms with Crippen molar-refractivity contribution in [2.45, 2.75) is 64.0 Å². The van der Waals surface area contributed by atoms with Gasteiger partial charge in [0.15, 0.2) is 5.96 Å². The molecule has 0 atom stereocenters. The summed E-state index contributed by atoms with van der Waals surface area (Å²) in [6, 6.07) is 8.25. The molecule has 2 aliphatic rings. The number of halogens is 1. The number of amides is 1. The van der Waals surface area contributed by atoms with Crippen molar-refractivity contribution in [3.05, 3.63) is 35.4 Å². The van der Waals surface area contributed by atoms with Gasteiger partial charge in [-0.3, -0.25) is 4.79 Å². The van der Waals surface area contributed by atoms with Gasteiger partial charge < -0.3 is 16.0 Å². The Hall–Kier alpha value is -1.31. The van der Waals surface area contributed by atoms with Gasteiger partial charge in [0.25, 0.3) is 5.91 Å². The van der Waals surface area contributed by atoms with Crippen molar-refractivity contribution >= 4 is 35.8 Å². The number of hydrogen-bond donors (Lipinski definition) is 2. The average Bonchev–Trinajstić information content (AvgIpc) is 2.68. The van der Waals surface area contributed by atoms with Crippen LogP contribution in [0.4, 0.5) is 0 Å². The average molecular weight is 470 g/mol. The molecule has 0 aromatic heterocycles. The first-order valence-corrected chi connectivity index (χ1v) is 9.67. The molecule has 1 heterocycles. The van der Waals surface area contributed by atoms with E-state index in [1.165, 1.54) is 38.5 Å². The second-order valence-electron chi connectivity index (χ2n) is 7.23. The number of rotatable bonds is 4. The van der Waals surface area contributed by atoms with Gasteiger partial charge in [0.2, 0.25) is 0 Å². The van der Waals surface area contributed by atoms with Crippen LogP contribution in [0, 0.1) is 0 Å². The van der Waals surface area contributed by atoms with E-state index in [1.807, 2.05) is 29.2 Å². The maximum absolute atomic E-state index is 12.5. The van der Waals surface area contributed by atoms with Crippen LogP contribution >= 0.6 is 24.0 Å². The minimum absolute atomic E-state index is 0. The van der Waals surface area contributed by atoms with E-state index >= 15 is 0 Å². The maximum Gasteiger partial charge on any atom is 0.253 e. The van der Waals surface area contributed by atoms with Gasteiger partial charge in [-0.1, -0.05) is 31.4 Å². The quantitative estimate of drug-likeness (QED) is 0.401. The topological polar surface area (TPSA) is 70.7 Å². The van der Waals surface area contributed by atoms with E-state index in [2.05, 4.69) is 10.3 Å². The van der Waals surface area contributed by atoms with Crippen LogP contribution in [-0.4, -0.2) is 35.9 Å². The van der Waals surface area contributed by atoms with E-state index < -0.39 is 0 Å². The number of carbonyl (C=O) groups excluding carboxylic acids is 1. The van der Waals surface area contributed by atoms with Gasteiger partial charge in [-0.15, -0.1) is 24.0 Å². The third-order valence-corrected chi connectivity index (χ3v) is 5.23. The third kappa shape index (κ3) is 6.14. The third-order valence-electron chi connectivity index (χ3n) is 5.23. The van der Waals surface area contributed by atoms with Crippen LogP contribution in [0.3, 0.4) is 0 Å². The summed E-state index contributed by atoms with van der Waals surface area (Å²) in [5.41, 5.74) is 7.85. The summed E-state index contributed by atoms with van der Waals surface area (Å²) in [6.07, 6.45) is 9.72. The van der Waals surface area contributed by atoms with Crippen LogP contribution in [-0.2, 0) is 6.54 Å². The van der Waals surface area contributed by atoms with Crippen LogP contribution in [0.2, 0.25) is 0 Å². The summed E-state index contributed by atoms with van der Waals surface area (Å²) in [7, 11) is 0. The number of aliphatic imine (C=N–C) groups is 1. The van der Waals surface area contributed by atoms with Crippen LogP contribution < -0.4 is 11.1 Å². The molecule has 144 valence electrons. The number of likely N-dealkylation sites (tertiary alicyclic amines) is 1. The van der Waals surface area contributed by atoms with Gasteiger partial charge in [-0.2, -0.15) is 0 Å². The Balaban J connectivity index is 0.00000243. The highest BCUT2D eigenvalue weighted by Gasteiger charge is 2.18. The molecule has 3 rings (SSSR count). The summed E-state index contributed by atoms with van der Waals surface area (Å²) >= 11 is 0. The first-order chi connectivity index (χ1) is 12.2. The SMILES string of the molecule is I.NC(=NCc1ccc(C(=O)N2CCCCC2)cc1)NC1CCCCC1. The van der Waals surface area contributed by atoms with Gasteiger partial charge in [0.1, 0.15) is 0 Å².